The van der Waals surface area contributed by atoms with E-state index in [1.165, 1.54) is 7.11 Å². The molecule has 0 atom stereocenters. The van der Waals surface area contributed by atoms with Crippen molar-refractivity contribution in [3.05, 3.63) is 41.1 Å². The highest BCUT2D eigenvalue weighted by Gasteiger charge is 2.23. The molecule has 1 N–H and O–H groups in total. The van der Waals surface area contributed by atoms with Crippen LogP contribution in [0.25, 0.3) is 0 Å². The Morgan fingerprint density at radius 3 is 2.73 bits per heavy atom. The van der Waals surface area contributed by atoms with Gasteiger partial charge >= 0.3 is 5.97 Å². The SMILES string of the molecule is COC(=O)c1oc(CN2CCC(NC(=O)c3cnn(C)c3)CC2)cc1C. The van der Waals surface area contributed by atoms with Gasteiger partial charge in [-0.2, -0.15) is 5.10 Å². The van der Waals surface area contributed by atoms with Gasteiger partial charge in [0.1, 0.15) is 5.76 Å². The number of methoxy groups -OCH3 is 1. The average molecular weight is 360 g/mol. The number of nitrogens with zero attached hydrogens (tertiary/aromatic N) is 3. The van der Waals surface area contributed by atoms with E-state index in [4.69, 9.17) is 9.15 Å². The van der Waals surface area contributed by atoms with Crippen LogP contribution in [-0.2, 0) is 18.3 Å². The minimum absolute atomic E-state index is 0.0825. The molecule has 0 saturated carbocycles. The van der Waals surface area contributed by atoms with Crippen molar-refractivity contribution in [2.24, 2.45) is 7.05 Å². The molecule has 0 aliphatic carbocycles. The third-order valence-corrected chi connectivity index (χ3v) is 4.61. The van der Waals surface area contributed by atoms with Crippen molar-refractivity contribution in [2.75, 3.05) is 20.2 Å². The van der Waals surface area contributed by atoms with Crippen LogP contribution in [0.15, 0.2) is 22.9 Å². The average Bonchev–Trinajstić information content (AvgIpc) is 3.21. The number of esters is 1. The lowest BCUT2D eigenvalue weighted by atomic mass is 10.0. The minimum Gasteiger partial charge on any atom is -0.463 e. The molecule has 3 rings (SSSR count). The summed E-state index contributed by atoms with van der Waals surface area (Å²) in [4.78, 5) is 26.1. The zero-order chi connectivity index (χ0) is 18.7. The number of rotatable bonds is 5. The first-order valence-electron chi connectivity index (χ1n) is 8.65. The van der Waals surface area contributed by atoms with Gasteiger partial charge in [0.05, 0.1) is 25.4 Å². The Morgan fingerprint density at radius 1 is 1.38 bits per heavy atom. The predicted molar refractivity (Wildman–Crippen MR) is 93.8 cm³/mol. The first-order valence-corrected chi connectivity index (χ1v) is 8.65. The molecule has 1 aliphatic rings. The van der Waals surface area contributed by atoms with E-state index >= 15 is 0 Å². The number of furan rings is 1. The molecule has 2 aromatic rings. The van der Waals surface area contributed by atoms with Crippen molar-refractivity contribution in [3.8, 4) is 0 Å². The topological polar surface area (TPSA) is 89.6 Å². The Labute approximate surface area is 152 Å². The molecule has 0 spiro atoms. The van der Waals surface area contributed by atoms with Crippen LogP contribution in [0.5, 0.6) is 0 Å². The number of aryl methyl sites for hydroxylation is 2. The fourth-order valence-corrected chi connectivity index (χ4v) is 3.18. The molecule has 8 heteroatoms. The molecule has 0 aromatic carbocycles. The van der Waals surface area contributed by atoms with Crippen molar-refractivity contribution >= 4 is 11.9 Å². The molecule has 0 radical (unpaired) electrons. The van der Waals surface area contributed by atoms with Gasteiger partial charge in [-0.05, 0) is 25.8 Å². The molecule has 1 fully saturated rings. The summed E-state index contributed by atoms with van der Waals surface area (Å²) < 4.78 is 12.0. The Hall–Kier alpha value is -2.61. The zero-order valence-corrected chi connectivity index (χ0v) is 15.3. The maximum atomic E-state index is 12.2. The lowest BCUT2D eigenvalue weighted by Crippen LogP contribution is -2.44. The van der Waals surface area contributed by atoms with E-state index in [0.717, 1.165) is 37.3 Å². The highest BCUT2D eigenvalue weighted by Crippen LogP contribution is 2.19. The van der Waals surface area contributed by atoms with Crippen molar-refractivity contribution in [1.82, 2.24) is 20.0 Å². The number of aromatic nitrogens is 2. The van der Waals surface area contributed by atoms with Gasteiger partial charge in [-0.25, -0.2) is 4.79 Å². The summed E-state index contributed by atoms with van der Waals surface area (Å²) >= 11 is 0. The van der Waals surface area contributed by atoms with E-state index in [1.54, 1.807) is 24.1 Å². The lowest BCUT2D eigenvalue weighted by Gasteiger charge is -2.31. The number of hydrogen-bond acceptors (Lipinski definition) is 6. The number of likely N-dealkylation sites (tertiary alicyclic amines) is 1. The molecule has 8 nitrogen and oxygen atoms in total. The third kappa shape index (κ3) is 4.13. The van der Waals surface area contributed by atoms with Crippen molar-refractivity contribution < 1.29 is 18.7 Å². The van der Waals surface area contributed by atoms with Crippen molar-refractivity contribution in [3.63, 3.8) is 0 Å². The number of hydrogen-bond donors (Lipinski definition) is 1. The van der Waals surface area contributed by atoms with Crippen LogP contribution in [0.3, 0.4) is 0 Å². The van der Waals surface area contributed by atoms with E-state index in [9.17, 15) is 9.59 Å². The molecule has 1 saturated heterocycles. The van der Waals surface area contributed by atoms with Gasteiger partial charge in [-0.15, -0.1) is 0 Å². The molecular formula is C18H24N4O4. The second kappa shape index (κ2) is 7.74. The highest BCUT2D eigenvalue weighted by molar-refractivity contribution is 5.93. The van der Waals surface area contributed by atoms with Gasteiger partial charge in [-0.3, -0.25) is 14.4 Å². The molecular weight excluding hydrogens is 336 g/mol. The highest BCUT2D eigenvalue weighted by atomic mass is 16.5. The largest absolute Gasteiger partial charge is 0.463 e. The summed E-state index contributed by atoms with van der Waals surface area (Å²) in [5, 5.41) is 7.09. The summed E-state index contributed by atoms with van der Waals surface area (Å²) in [7, 11) is 3.13. The zero-order valence-electron chi connectivity index (χ0n) is 15.3. The van der Waals surface area contributed by atoms with Gasteiger partial charge in [-0.1, -0.05) is 0 Å². The van der Waals surface area contributed by atoms with Gasteiger partial charge in [0.15, 0.2) is 0 Å². The molecule has 26 heavy (non-hydrogen) atoms. The second-order valence-electron chi connectivity index (χ2n) is 6.64. The number of ether oxygens (including phenoxy) is 1. The standard InChI is InChI=1S/C18H24N4O4/c1-12-8-15(26-16(12)18(24)25-3)11-22-6-4-14(5-7-22)20-17(23)13-9-19-21(2)10-13/h8-10,14H,4-7,11H2,1-3H3,(H,20,23). The summed E-state index contributed by atoms with van der Waals surface area (Å²) in [6.07, 6.45) is 5.02. The van der Waals surface area contributed by atoms with Gasteiger partial charge in [0, 0.05) is 37.9 Å². The Kier molecular flexibility index (Phi) is 5.41. The van der Waals surface area contributed by atoms with Crippen LogP contribution in [0.2, 0.25) is 0 Å². The van der Waals surface area contributed by atoms with Crippen LogP contribution in [0.4, 0.5) is 0 Å². The van der Waals surface area contributed by atoms with Gasteiger partial charge in [0.25, 0.3) is 5.91 Å². The number of amides is 1. The number of nitrogens with one attached hydrogen (secondary N) is 1. The van der Waals surface area contributed by atoms with Crippen LogP contribution in [0.1, 0.15) is 45.1 Å². The van der Waals surface area contributed by atoms with Gasteiger partial charge < -0.3 is 14.5 Å². The monoisotopic (exact) mass is 360 g/mol. The van der Waals surface area contributed by atoms with E-state index in [-0.39, 0.29) is 17.7 Å². The summed E-state index contributed by atoms with van der Waals surface area (Å²) in [5.41, 5.74) is 1.36. The smallest absolute Gasteiger partial charge is 0.374 e. The molecule has 2 aromatic heterocycles. The van der Waals surface area contributed by atoms with Crippen LogP contribution < -0.4 is 5.32 Å². The maximum Gasteiger partial charge on any atom is 0.374 e. The van der Waals surface area contributed by atoms with E-state index in [0.29, 0.717) is 12.1 Å². The first kappa shape index (κ1) is 18.2. The second-order valence-corrected chi connectivity index (χ2v) is 6.64. The number of carbonyl (C=O) groups excluding carboxylic acids is 2. The number of carbonyl (C=O) groups is 2. The lowest BCUT2D eigenvalue weighted by molar-refractivity contribution is 0.0559. The van der Waals surface area contributed by atoms with Gasteiger partial charge in [0.2, 0.25) is 5.76 Å². The van der Waals surface area contributed by atoms with Crippen LogP contribution >= 0.6 is 0 Å². The predicted octanol–water partition coefficient (Wildman–Crippen LogP) is 1.50. The minimum atomic E-state index is -0.453. The van der Waals surface area contributed by atoms with E-state index in [2.05, 4.69) is 15.3 Å². The molecule has 140 valence electrons. The normalized spacial score (nSPS) is 15.8. The van der Waals surface area contributed by atoms with Crippen LogP contribution in [-0.4, -0.2) is 52.8 Å². The van der Waals surface area contributed by atoms with Crippen LogP contribution in [0, 0.1) is 6.92 Å². The quantitative estimate of drug-likeness (QED) is 0.813. The maximum absolute atomic E-state index is 12.2. The molecule has 1 amide bonds. The number of piperidine rings is 1. The van der Waals surface area contributed by atoms with E-state index in [1.807, 2.05) is 13.0 Å². The fourth-order valence-electron chi connectivity index (χ4n) is 3.18. The van der Waals surface area contributed by atoms with E-state index < -0.39 is 5.97 Å². The first-order chi connectivity index (χ1) is 12.5. The fraction of sp³-hybridized carbons (Fsp3) is 0.500. The Bertz CT molecular complexity index is 787. The molecule has 0 unspecified atom stereocenters. The molecule has 1 aliphatic heterocycles. The van der Waals surface area contributed by atoms with Crippen molar-refractivity contribution in [1.29, 1.82) is 0 Å². The van der Waals surface area contributed by atoms with Crippen molar-refractivity contribution in [2.45, 2.75) is 32.4 Å². The Balaban J connectivity index is 1.49. The Morgan fingerprint density at radius 2 is 2.12 bits per heavy atom. The third-order valence-electron chi connectivity index (χ3n) is 4.61. The summed E-state index contributed by atoms with van der Waals surface area (Å²) in [6, 6.07) is 2.03. The molecule has 0 bridgehead atoms. The summed E-state index contributed by atoms with van der Waals surface area (Å²) in [5.74, 6) is 0.480. The summed E-state index contributed by atoms with van der Waals surface area (Å²) in [6.45, 7) is 4.18. The molecule has 3 heterocycles.